The molecule has 102 valence electrons. The summed E-state index contributed by atoms with van der Waals surface area (Å²) in [4.78, 5) is 1.33. The number of benzene rings is 1. The lowest BCUT2D eigenvalue weighted by Crippen LogP contribution is -1.83. The Bertz CT molecular complexity index is 300. The van der Waals surface area contributed by atoms with Crippen LogP contribution in [0.3, 0.4) is 0 Å². The summed E-state index contributed by atoms with van der Waals surface area (Å²) in [6.45, 7) is 0. The highest BCUT2D eigenvalue weighted by Crippen LogP contribution is 2.21. The van der Waals surface area contributed by atoms with E-state index >= 15 is 0 Å². The highest BCUT2D eigenvalue weighted by Gasteiger charge is 1.95. The van der Waals surface area contributed by atoms with Crippen molar-refractivity contribution in [2.45, 2.75) is 49.8 Å². The molecule has 3 heteroatoms. The van der Waals surface area contributed by atoms with E-state index in [0.29, 0.717) is 0 Å². The highest BCUT2D eigenvalue weighted by molar-refractivity contribution is 9.09. The summed E-state index contributed by atoms with van der Waals surface area (Å²) in [6.07, 6.45) is 9.59. The maximum atomic E-state index is 5.85. The molecule has 18 heavy (non-hydrogen) atoms. The molecule has 0 N–H and O–H groups in total. The topological polar surface area (TPSA) is 0 Å². The third-order valence-electron chi connectivity index (χ3n) is 2.86. The van der Waals surface area contributed by atoms with Crippen LogP contribution in [-0.4, -0.2) is 11.1 Å². The Morgan fingerprint density at radius 2 is 1.39 bits per heavy atom. The Kier molecular flexibility index (Phi) is 10.2. The minimum absolute atomic E-state index is 0.822. The number of hydrogen-bond donors (Lipinski definition) is 0. The lowest BCUT2D eigenvalue weighted by atomic mass is 10.1. The minimum atomic E-state index is 0.822. The zero-order valence-corrected chi connectivity index (χ0v) is 14.0. The second-order valence-electron chi connectivity index (χ2n) is 4.47. The van der Waals surface area contributed by atoms with Crippen molar-refractivity contribution < 1.29 is 0 Å². The molecule has 0 spiro atoms. The van der Waals surface area contributed by atoms with Crippen LogP contribution < -0.4 is 0 Å². The number of alkyl halides is 1. The van der Waals surface area contributed by atoms with Gasteiger partial charge >= 0.3 is 0 Å². The van der Waals surface area contributed by atoms with Crippen molar-refractivity contribution in [3.63, 3.8) is 0 Å². The van der Waals surface area contributed by atoms with Gasteiger partial charge in [-0.3, -0.25) is 0 Å². The quantitative estimate of drug-likeness (QED) is 0.262. The van der Waals surface area contributed by atoms with Gasteiger partial charge < -0.3 is 0 Å². The molecule has 0 aliphatic carbocycles. The standard InChI is InChI=1S/C15H22BrClS/c16-12-6-4-2-1-3-5-7-13-18-15-10-8-14(17)9-11-15/h8-11H,1-7,12-13H2. The smallest absolute Gasteiger partial charge is 0.0406 e. The van der Waals surface area contributed by atoms with Gasteiger partial charge in [-0.05, 0) is 42.9 Å². The number of thioether (sulfide) groups is 1. The fraction of sp³-hybridized carbons (Fsp3) is 0.600. The average molecular weight is 350 g/mol. The van der Waals surface area contributed by atoms with Gasteiger partial charge in [0.2, 0.25) is 0 Å². The van der Waals surface area contributed by atoms with Crippen LogP contribution in [0.2, 0.25) is 5.02 Å². The van der Waals surface area contributed by atoms with Crippen LogP contribution in [0.5, 0.6) is 0 Å². The van der Waals surface area contributed by atoms with Gasteiger partial charge in [0.25, 0.3) is 0 Å². The van der Waals surface area contributed by atoms with E-state index in [0.717, 1.165) is 10.4 Å². The number of unbranched alkanes of at least 4 members (excludes halogenated alkanes) is 6. The molecule has 0 aliphatic heterocycles. The Hall–Kier alpha value is 0.340. The van der Waals surface area contributed by atoms with E-state index in [2.05, 4.69) is 28.1 Å². The zero-order valence-electron chi connectivity index (χ0n) is 10.8. The van der Waals surface area contributed by atoms with Gasteiger partial charge in [0, 0.05) is 15.2 Å². The predicted octanol–water partition coefficient (Wildman–Crippen LogP) is 6.56. The Balaban J connectivity index is 1.91. The summed E-state index contributed by atoms with van der Waals surface area (Å²) in [5, 5.41) is 1.98. The van der Waals surface area contributed by atoms with Crippen molar-refractivity contribution in [2.24, 2.45) is 0 Å². The van der Waals surface area contributed by atoms with Crippen LogP contribution in [-0.2, 0) is 0 Å². The third kappa shape index (κ3) is 8.44. The van der Waals surface area contributed by atoms with Crippen LogP contribution in [0.4, 0.5) is 0 Å². The summed E-state index contributed by atoms with van der Waals surface area (Å²) in [5.74, 6) is 1.23. The van der Waals surface area contributed by atoms with E-state index in [1.54, 1.807) is 0 Å². The summed E-state index contributed by atoms with van der Waals surface area (Å²) in [6, 6.07) is 8.14. The molecule has 1 aromatic rings. The maximum Gasteiger partial charge on any atom is 0.0406 e. The molecule has 1 aromatic carbocycles. The lowest BCUT2D eigenvalue weighted by Gasteiger charge is -2.02. The first kappa shape index (κ1) is 16.4. The molecule has 0 aromatic heterocycles. The number of hydrogen-bond acceptors (Lipinski definition) is 1. The van der Waals surface area contributed by atoms with Gasteiger partial charge in [0.05, 0.1) is 0 Å². The molecule has 0 amide bonds. The number of halogens is 2. The molecule has 0 saturated carbocycles. The van der Waals surface area contributed by atoms with Gasteiger partial charge in [0.15, 0.2) is 0 Å². The molecule has 0 bridgehead atoms. The molecule has 0 heterocycles. The molecule has 1 rings (SSSR count). The van der Waals surface area contributed by atoms with Crippen molar-refractivity contribution >= 4 is 39.3 Å². The summed E-state index contributed by atoms with van der Waals surface area (Å²) in [5.41, 5.74) is 0. The molecule has 0 unspecified atom stereocenters. The monoisotopic (exact) mass is 348 g/mol. The largest absolute Gasteiger partial charge is 0.126 e. The van der Waals surface area contributed by atoms with Crippen LogP contribution >= 0.6 is 39.3 Å². The van der Waals surface area contributed by atoms with Crippen molar-refractivity contribution in [2.75, 3.05) is 11.1 Å². The first-order valence-electron chi connectivity index (χ1n) is 6.77. The van der Waals surface area contributed by atoms with Gasteiger partial charge in [-0.15, -0.1) is 11.8 Å². The van der Waals surface area contributed by atoms with E-state index in [1.807, 2.05) is 23.9 Å². The normalized spacial score (nSPS) is 10.8. The van der Waals surface area contributed by atoms with E-state index in [1.165, 1.54) is 55.6 Å². The third-order valence-corrected chi connectivity index (χ3v) is 4.77. The van der Waals surface area contributed by atoms with Crippen molar-refractivity contribution in [3.05, 3.63) is 29.3 Å². The van der Waals surface area contributed by atoms with Crippen LogP contribution in [0.1, 0.15) is 44.9 Å². The van der Waals surface area contributed by atoms with Crippen molar-refractivity contribution in [3.8, 4) is 0 Å². The molecular weight excluding hydrogens is 328 g/mol. The van der Waals surface area contributed by atoms with Crippen molar-refractivity contribution in [1.29, 1.82) is 0 Å². The van der Waals surface area contributed by atoms with Crippen molar-refractivity contribution in [1.82, 2.24) is 0 Å². The fourth-order valence-corrected chi connectivity index (χ4v) is 3.24. The SMILES string of the molecule is Clc1ccc(SCCCCCCCCCBr)cc1. The Labute approximate surface area is 129 Å². The van der Waals surface area contributed by atoms with Gasteiger partial charge in [-0.1, -0.05) is 59.6 Å². The summed E-state index contributed by atoms with van der Waals surface area (Å²) in [7, 11) is 0. The number of rotatable bonds is 10. The molecule has 0 radical (unpaired) electrons. The van der Waals surface area contributed by atoms with Crippen LogP contribution in [0.15, 0.2) is 29.2 Å². The summed E-state index contributed by atoms with van der Waals surface area (Å²) >= 11 is 11.3. The Morgan fingerprint density at radius 3 is 2.00 bits per heavy atom. The predicted molar refractivity (Wildman–Crippen MR) is 88.3 cm³/mol. The lowest BCUT2D eigenvalue weighted by molar-refractivity contribution is 0.606. The van der Waals surface area contributed by atoms with E-state index in [9.17, 15) is 0 Å². The maximum absolute atomic E-state index is 5.85. The second kappa shape index (κ2) is 11.2. The van der Waals surface area contributed by atoms with Gasteiger partial charge in [-0.25, -0.2) is 0 Å². The van der Waals surface area contributed by atoms with Crippen LogP contribution in [0.25, 0.3) is 0 Å². The fourth-order valence-electron chi connectivity index (χ4n) is 1.80. The average Bonchev–Trinajstić information content (AvgIpc) is 2.39. The minimum Gasteiger partial charge on any atom is -0.126 e. The van der Waals surface area contributed by atoms with E-state index in [4.69, 9.17) is 11.6 Å². The van der Waals surface area contributed by atoms with Gasteiger partial charge in [-0.2, -0.15) is 0 Å². The highest BCUT2D eigenvalue weighted by atomic mass is 79.9. The molecule has 0 aliphatic rings. The first-order chi connectivity index (χ1) is 8.83. The Morgan fingerprint density at radius 1 is 0.833 bits per heavy atom. The van der Waals surface area contributed by atoms with Gasteiger partial charge in [0.1, 0.15) is 0 Å². The molecular formula is C15H22BrClS. The van der Waals surface area contributed by atoms with E-state index < -0.39 is 0 Å². The zero-order chi connectivity index (χ0) is 13.1. The van der Waals surface area contributed by atoms with E-state index in [-0.39, 0.29) is 0 Å². The molecule has 0 nitrogen and oxygen atoms in total. The first-order valence-corrected chi connectivity index (χ1v) is 9.26. The molecule has 0 atom stereocenters. The molecule has 0 fully saturated rings. The summed E-state index contributed by atoms with van der Waals surface area (Å²) < 4.78 is 0. The second-order valence-corrected chi connectivity index (χ2v) is 6.86. The van der Waals surface area contributed by atoms with Crippen LogP contribution in [0, 0.1) is 0 Å². The molecule has 0 saturated heterocycles.